The predicted octanol–water partition coefficient (Wildman–Crippen LogP) is 1.95. The molecule has 0 atom stereocenters. The number of nitrogens with two attached hydrogens (primary N) is 1. The molecule has 4 N–H and O–H groups in total. The molecule has 1 fully saturated rings. The minimum Gasteiger partial charge on any atom is -0.325 e. The van der Waals surface area contributed by atoms with E-state index >= 15 is 0 Å². The normalized spacial score (nSPS) is 13.3. The van der Waals surface area contributed by atoms with Crippen molar-refractivity contribution >= 4 is 23.5 Å². The summed E-state index contributed by atoms with van der Waals surface area (Å²) in [5.74, 6) is 0.689. The van der Waals surface area contributed by atoms with Crippen molar-refractivity contribution < 1.29 is 0 Å². The highest BCUT2D eigenvalue weighted by Crippen LogP contribution is 2.36. The van der Waals surface area contributed by atoms with Crippen LogP contribution in [0.25, 0.3) is 33.2 Å². The van der Waals surface area contributed by atoms with Crippen LogP contribution in [0, 0.1) is 11.3 Å². The number of nitriles is 1. The van der Waals surface area contributed by atoms with Gasteiger partial charge in [0, 0.05) is 23.1 Å². The maximum absolute atomic E-state index is 12.1. The van der Waals surface area contributed by atoms with Crippen molar-refractivity contribution in [1.29, 1.82) is 5.26 Å². The number of rotatable bonds is 5. The summed E-state index contributed by atoms with van der Waals surface area (Å²) in [5.41, 5.74) is 11.3. The molecule has 1 aliphatic carbocycles. The Hall–Kier alpha value is -3.70. The summed E-state index contributed by atoms with van der Waals surface area (Å²) < 4.78 is 0. The van der Waals surface area contributed by atoms with Crippen LogP contribution in [-0.4, -0.2) is 27.7 Å². The molecule has 146 valence electrons. The first-order chi connectivity index (χ1) is 14.7. The third-order valence-corrected chi connectivity index (χ3v) is 5.75. The smallest absolute Gasteiger partial charge is 0.272 e. The number of nitrogens with one attached hydrogen (secondary N) is 2. The van der Waals surface area contributed by atoms with Crippen molar-refractivity contribution in [3.63, 3.8) is 0 Å². The molecule has 1 aliphatic rings. The van der Waals surface area contributed by atoms with Crippen LogP contribution in [0.5, 0.6) is 0 Å². The Morgan fingerprint density at radius 3 is 2.80 bits per heavy atom. The zero-order valence-electron chi connectivity index (χ0n) is 16.3. The maximum Gasteiger partial charge on any atom is 0.272 e. The van der Waals surface area contributed by atoms with Crippen LogP contribution in [0.2, 0.25) is 5.82 Å². The van der Waals surface area contributed by atoms with E-state index in [0.29, 0.717) is 27.8 Å². The Morgan fingerprint density at radius 2 is 2.03 bits per heavy atom. The molecular formula is C22H19BN6O. The van der Waals surface area contributed by atoms with Gasteiger partial charge in [-0.3, -0.25) is 9.89 Å². The quantitative estimate of drug-likeness (QED) is 0.447. The lowest BCUT2D eigenvalue weighted by Crippen LogP contribution is -2.18. The standard InChI is InChI=1S/C22H19BN6O/c24-9-17-14(2-1-3-19(17)23-13-5-6-13)21-18(11-26-28-21)12-4-7-15-16(8-12)20(10-25)27-29-22(15)30/h1-4,7-8,11,13,23H,5-6,10,25H2,(H,26,28)(H,29,30). The highest BCUT2D eigenvalue weighted by molar-refractivity contribution is 6.57. The predicted molar refractivity (Wildman–Crippen MR) is 118 cm³/mol. The number of H-pyrrole nitrogens is 2. The van der Waals surface area contributed by atoms with E-state index in [2.05, 4.69) is 26.5 Å². The van der Waals surface area contributed by atoms with Crippen molar-refractivity contribution in [3.05, 3.63) is 64.2 Å². The summed E-state index contributed by atoms with van der Waals surface area (Å²) in [6.45, 7) is 0.219. The number of aromatic amines is 2. The first-order valence-corrected chi connectivity index (χ1v) is 9.97. The first-order valence-electron chi connectivity index (χ1n) is 9.97. The molecule has 0 amide bonds. The molecule has 0 spiro atoms. The highest BCUT2D eigenvalue weighted by atomic mass is 16.1. The Kier molecular flexibility index (Phi) is 4.45. The van der Waals surface area contributed by atoms with Crippen LogP contribution in [0.1, 0.15) is 24.1 Å². The van der Waals surface area contributed by atoms with Crippen molar-refractivity contribution in [1.82, 2.24) is 20.4 Å². The summed E-state index contributed by atoms with van der Waals surface area (Å²) in [5, 5.41) is 25.0. The minimum atomic E-state index is -0.249. The molecule has 30 heavy (non-hydrogen) atoms. The lowest BCUT2D eigenvalue weighted by molar-refractivity contribution is 0.900. The van der Waals surface area contributed by atoms with Gasteiger partial charge in [-0.1, -0.05) is 48.4 Å². The van der Waals surface area contributed by atoms with Crippen molar-refractivity contribution in [2.75, 3.05) is 0 Å². The topological polar surface area (TPSA) is 124 Å². The number of nitrogens with zero attached hydrogens (tertiary/aromatic N) is 3. The van der Waals surface area contributed by atoms with Gasteiger partial charge < -0.3 is 5.73 Å². The number of hydrogen-bond donors (Lipinski definition) is 3. The lowest BCUT2D eigenvalue weighted by Gasteiger charge is -2.10. The fourth-order valence-electron chi connectivity index (χ4n) is 4.00. The summed E-state index contributed by atoms with van der Waals surface area (Å²) in [4.78, 5) is 12.1. The van der Waals surface area contributed by atoms with Gasteiger partial charge in [0.25, 0.3) is 5.56 Å². The molecule has 7 nitrogen and oxygen atoms in total. The number of hydrogen-bond acceptors (Lipinski definition) is 5. The molecule has 2 aromatic heterocycles. The SMILES string of the molecule is N#Cc1c(BC2CC2)cccc1-c1[nH]ncc1-c1ccc2c(=O)[nH]nc(CN)c2c1. The van der Waals surface area contributed by atoms with Gasteiger partial charge >= 0.3 is 0 Å². The van der Waals surface area contributed by atoms with Crippen molar-refractivity contribution in [2.45, 2.75) is 25.2 Å². The van der Waals surface area contributed by atoms with Gasteiger partial charge in [0.05, 0.1) is 34.6 Å². The van der Waals surface area contributed by atoms with Crippen LogP contribution in [0.3, 0.4) is 0 Å². The summed E-state index contributed by atoms with van der Waals surface area (Å²) in [6.07, 6.45) is 4.21. The van der Waals surface area contributed by atoms with E-state index in [0.717, 1.165) is 35.1 Å². The van der Waals surface area contributed by atoms with E-state index in [1.165, 1.54) is 12.8 Å². The summed E-state index contributed by atoms with van der Waals surface area (Å²) in [7, 11) is 0.935. The average Bonchev–Trinajstić information content (AvgIpc) is 3.45. The fourth-order valence-corrected chi connectivity index (χ4v) is 4.00. The molecule has 2 heterocycles. The van der Waals surface area contributed by atoms with Crippen molar-refractivity contribution in [2.24, 2.45) is 5.73 Å². The molecule has 4 aromatic rings. The summed E-state index contributed by atoms with van der Waals surface area (Å²) >= 11 is 0. The van der Waals surface area contributed by atoms with Gasteiger partial charge in [0.1, 0.15) is 0 Å². The molecule has 8 heteroatoms. The van der Waals surface area contributed by atoms with Gasteiger partial charge in [0.15, 0.2) is 7.28 Å². The zero-order valence-corrected chi connectivity index (χ0v) is 16.3. The van der Waals surface area contributed by atoms with Crippen LogP contribution >= 0.6 is 0 Å². The van der Waals surface area contributed by atoms with Crippen LogP contribution in [0.15, 0.2) is 47.4 Å². The van der Waals surface area contributed by atoms with Gasteiger partial charge in [-0.25, -0.2) is 5.10 Å². The highest BCUT2D eigenvalue weighted by Gasteiger charge is 2.25. The lowest BCUT2D eigenvalue weighted by atomic mass is 9.63. The van der Waals surface area contributed by atoms with E-state index < -0.39 is 0 Å². The fraction of sp³-hybridized carbons (Fsp3) is 0.182. The first kappa shape index (κ1) is 18.3. The Labute approximate surface area is 173 Å². The second kappa shape index (κ2) is 7.28. The number of benzene rings is 2. The van der Waals surface area contributed by atoms with E-state index in [1.54, 1.807) is 12.3 Å². The minimum absolute atomic E-state index is 0.219. The molecule has 0 unspecified atom stereocenters. The molecular weight excluding hydrogens is 375 g/mol. The van der Waals surface area contributed by atoms with Gasteiger partial charge in [0.2, 0.25) is 0 Å². The Morgan fingerprint density at radius 1 is 1.17 bits per heavy atom. The van der Waals surface area contributed by atoms with E-state index in [9.17, 15) is 10.1 Å². The van der Waals surface area contributed by atoms with Gasteiger partial charge in [-0.05, 0) is 17.7 Å². The molecule has 2 aromatic carbocycles. The molecule has 0 saturated heterocycles. The Balaban J connectivity index is 1.66. The maximum atomic E-state index is 12.1. The molecule has 0 aliphatic heterocycles. The van der Waals surface area contributed by atoms with Crippen molar-refractivity contribution in [3.8, 4) is 28.5 Å². The number of aromatic nitrogens is 4. The summed E-state index contributed by atoms with van der Waals surface area (Å²) in [6, 6.07) is 13.9. The average molecular weight is 394 g/mol. The van der Waals surface area contributed by atoms with E-state index in [1.807, 2.05) is 30.3 Å². The monoisotopic (exact) mass is 394 g/mol. The van der Waals surface area contributed by atoms with E-state index in [4.69, 9.17) is 5.73 Å². The van der Waals surface area contributed by atoms with Crippen LogP contribution in [-0.2, 0) is 6.54 Å². The molecule has 1 saturated carbocycles. The zero-order chi connectivity index (χ0) is 20.7. The second-order valence-electron chi connectivity index (χ2n) is 7.72. The molecule has 5 rings (SSSR count). The Bertz CT molecular complexity index is 1360. The largest absolute Gasteiger partial charge is 0.325 e. The van der Waals surface area contributed by atoms with Gasteiger partial charge in [-0.2, -0.15) is 15.5 Å². The van der Waals surface area contributed by atoms with E-state index in [-0.39, 0.29) is 12.1 Å². The second-order valence-corrected chi connectivity index (χ2v) is 7.72. The third kappa shape index (κ3) is 3.10. The third-order valence-electron chi connectivity index (χ3n) is 5.75. The van der Waals surface area contributed by atoms with Crippen LogP contribution < -0.4 is 16.8 Å². The number of fused-ring (bicyclic) bond motifs is 1. The van der Waals surface area contributed by atoms with Crippen LogP contribution in [0.4, 0.5) is 0 Å². The van der Waals surface area contributed by atoms with Gasteiger partial charge in [-0.15, -0.1) is 0 Å². The molecule has 0 bridgehead atoms. The molecule has 0 radical (unpaired) electrons.